The lowest BCUT2D eigenvalue weighted by Gasteiger charge is -1.90. The zero-order valence-corrected chi connectivity index (χ0v) is 9.35. The van der Waals surface area contributed by atoms with Crippen LogP contribution in [0.5, 0.6) is 0 Å². The van der Waals surface area contributed by atoms with Gasteiger partial charge in [0, 0.05) is 36.4 Å². The fourth-order valence-corrected chi connectivity index (χ4v) is 0.859. The van der Waals surface area contributed by atoms with Crippen molar-refractivity contribution in [1.82, 2.24) is 15.0 Å². The van der Waals surface area contributed by atoms with Crippen molar-refractivity contribution < 1.29 is 4.92 Å². The zero-order chi connectivity index (χ0) is 11.1. The van der Waals surface area contributed by atoms with E-state index in [4.69, 9.17) is 0 Å². The highest BCUT2D eigenvalue weighted by Crippen LogP contribution is 2.08. The van der Waals surface area contributed by atoms with Crippen molar-refractivity contribution in [3.8, 4) is 0 Å². The van der Waals surface area contributed by atoms with Crippen LogP contribution in [0.2, 0.25) is 0 Å². The van der Waals surface area contributed by atoms with E-state index in [2.05, 4.69) is 15.0 Å². The van der Waals surface area contributed by atoms with E-state index in [0.29, 0.717) is 5.69 Å². The third-order valence-electron chi connectivity index (χ3n) is 1.50. The molecule has 16 heavy (non-hydrogen) atoms. The lowest BCUT2D eigenvalue weighted by Crippen LogP contribution is -1.88. The van der Waals surface area contributed by atoms with Gasteiger partial charge >= 0.3 is 0 Å². The predicted octanol–water partition coefficient (Wildman–Crippen LogP) is 2.13. The molecule has 0 aromatic carbocycles. The number of aromatic nitrogens is 3. The molecule has 0 amide bonds. The summed E-state index contributed by atoms with van der Waals surface area (Å²) in [6.45, 7) is 1.72. The molecule has 2 aromatic heterocycles. The Hall–Kier alpha value is -1.95. The lowest BCUT2D eigenvalue weighted by atomic mass is 10.3. The number of rotatable bonds is 1. The van der Waals surface area contributed by atoms with Crippen molar-refractivity contribution in [2.24, 2.45) is 0 Å². The molecular formula is C9H11ClN4O2. The molecule has 7 heteroatoms. The quantitative estimate of drug-likeness (QED) is 0.613. The fourth-order valence-electron chi connectivity index (χ4n) is 0.859. The van der Waals surface area contributed by atoms with E-state index in [1.165, 1.54) is 18.3 Å². The smallest absolute Gasteiger partial charge is 0.272 e. The Labute approximate surface area is 98.3 Å². The monoisotopic (exact) mass is 242 g/mol. The Morgan fingerprint density at radius 3 is 2.50 bits per heavy atom. The first-order valence-electron chi connectivity index (χ1n) is 4.20. The van der Waals surface area contributed by atoms with Crippen LogP contribution in [0, 0.1) is 17.0 Å². The number of aryl methyl sites for hydroxylation is 1. The van der Waals surface area contributed by atoms with E-state index in [-0.39, 0.29) is 18.1 Å². The summed E-state index contributed by atoms with van der Waals surface area (Å²) >= 11 is 0. The number of imidazole rings is 1. The molecule has 2 heterocycles. The van der Waals surface area contributed by atoms with Gasteiger partial charge < -0.3 is 4.98 Å². The Morgan fingerprint density at radius 1 is 1.44 bits per heavy atom. The van der Waals surface area contributed by atoms with Gasteiger partial charge in [0.05, 0.1) is 11.3 Å². The van der Waals surface area contributed by atoms with Gasteiger partial charge in [-0.1, -0.05) is 0 Å². The summed E-state index contributed by atoms with van der Waals surface area (Å²) in [4.78, 5) is 19.9. The summed E-state index contributed by atoms with van der Waals surface area (Å²) < 4.78 is 0. The van der Waals surface area contributed by atoms with Gasteiger partial charge in [0.2, 0.25) is 0 Å². The zero-order valence-electron chi connectivity index (χ0n) is 8.53. The van der Waals surface area contributed by atoms with Gasteiger partial charge in [-0.25, -0.2) is 4.98 Å². The standard InChI is InChI=1S/C6H6N2O2.C3H4N2.ClH/c1-5-4-6(8(9)10)2-3-7-5;1-2-5-3-4-1;/h2-4H,1H3;1-3H,(H,4,5);1H. The average molecular weight is 243 g/mol. The second-order valence-corrected chi connectivity index (χ2v) is 2.67. The van der Waals surface area contributed by atoms with Crippen LogP contribution >= 0.6 is 12.4 Å². The van der Waals surface area contributed by atoms with Gasteiger partial charge in [0.1, 0.15) is 0 Å². The second kappa shape index (κ2) is 7.36. The van der Waals surface area contributed by atoms with Crippen LogP contribution in [0.4, 0.5) is 5.69 Å². The van der Waals surface area contributed by atoms with Crippen molar-refractivity contribution in [3.63, 3.8) is 0 Å². The molecule has 6 nitrogen and oxygen atoms in total. The van der Waals surface area contributed by atoms with Crippen LogP contribution in [0.1, 0.15) is 5.69 Å². The third-order valence-corrected chi connectivity index (χ3v) is 1.50. The summed E-state index contributed by atoms with van der Waals surface area (Å²) in [5, 5.41) is 10.1. The molecule has 0 saturated carbocycles. The molecule has 86 valence electrons. The van der Waals surface area contributed by atoms with Crippen molar-refractivity contribution in [2.45, 2.75) is 6.92 Å². The number of nitrogens with zero attached hydrogens (tertiary/aromatic N) is 3. The number of pyridine rings is 1. The summed E-state index contributed by atoms with van der Waals surface area (Å²) in [6, 6.07) is 2.80. The molecule has 2 aromatic rings. The van der Waals surface area contributed by atoms with E-state index < -0.39 is 4.92 Å². The van der Waals surface area contributed by atoms with Gasteiger partial charge in [-0.15, -0.1) is 12.4 Å². The SMILES string of the molecule is Cc1cc([N+](=O)[O-])ccn1.Cl.c1c[nH]cn1. The molecule has 0 fully saturated rings. The largest absolute Gasteiger partial charge is 0.351 e. The second-order valence-electron chi connectivity index (χ2n) is 2.67. The number of nitrogens with one attached hydrogen (secondary N) is 1. The van der Waals surface area contributed by atoms with Crippen LogP contribution < -0.4 is 0 Å². The van der Waals surface area contributed by atoms with Crippen LogP contribution in [-0.4, -0.2) is 19.9 Å². The van der Waals surface area contributed by atoms with Gasteiger partial charge in [-0.05, 0) is 6.92 Å². The average Bonchev–Trinajstić information content (AvgIpc) is 2.75. The van der Waals surface area contributed by atoms with E-state index >= 15 is 0 Å². The number of hydrogen-bond donors (Lipinski definition) is 1. The summed E-state index contributed by atoms with van der Waals surface area (Å²) in [5.41, 5.74) is 0.752. The third kappa shape index (κ3) is 5.06. The van der Waals surface area contributed by atoms with Crippen molar-refractivity contribution >= 4 is 18.1 Å². The highest BCUT2D eigenvalue weighted by molar-refractivity contribution is 5.85. The minimum atomic E-state index is -0.436. The minimum absolute atomic E-state index is 0. The molecule has 0 bridgehead atoms. The summed E-state index contributed by atoms with van der Waals surface area (Å²) in [7, 11) is 0. The van der Waals surface area contributed by atoms with E-state index in [0.717, 1.165) is 0 Å². The molecule has 2 rings (SSSR count). The topological polar surface area (TPSA) is 84.7 Å². The van der Waals surface area contributed by atoms with E-state index in [1.807, 2.05) is 0 Å². The number of nitro groups is 1. The molecule has 0 atom stereocenters. The molecular weight excluding hydrogens is 232 g/mol. The van der Waals surface area contributed by atoms with Gasteiger partial charge in [-0.3, -0.25) is 15.1 Å². The Balaban J connectivity index is 0.000000318. The highest BCUT2D eigenvalue weighted by atomic mass is 35.5. The van der Waals surface area contributed by atoms with E-state index in [1.54, 1.807) is 25.6 Å². The van der Waals surface area contributed by atoms with Gasteiger partial charge in [-0.2, -0.15) is 0 Å². The summed E-state index contributed by atoms with van der Waals surface area (Å²) in [6.07, 6.45) is 6.51. The molecule has 0 aliphatic rings. The maximum Gasteiger partial charge on any atom is 0.272 e. The van der Waals surface area contributed by atoms with Crippen LogP contribution in [0.15, 0.2) is 37.1 Å². The Bertz CT molecular complexity index is 402. The lowest BCUT2D eigenvalue weighted by molar-refractivity contribution is -0.385. The molecule has 0 aliphatic carbocycles. The molecule has 0 saturated heterocycles. The number of H-pyrrole nitrogens is 1. The summed E-state index contributed by atoms with van der Waals surface area (Å²) in [5.74, 6) is 0. The van der Waals surface area contributed by atoms with Crippen molar-refractivity contribution in [1.29, 1.82) is 0 Å². The molecule has 0 radical (unpaired) electrons. The Morgan fingerprint density at radius 2 is 2.19 bits per heavy atom. The maximum atomic E-state index is 10.1. The molecule has 0 spiro atoms. The molecule has 1 N–H and O–H groups in total. The van der Waals surface area contributed by atoms with Crippen LogP contribution in [-0.2, 0) is 0 Å². The fraction of sp³-hybridized carbons (Fsp3) is 0.111. The first-order valence-corrected chi connectivity index (χ1v) is 4.20. The van der Waals surface area contributed by atoms with Crippen LogP contribution in [0.3, 0.4) is 0 Å². The number of hydrogen-bond acceptors (Lipinski definition) is 4. The minimum Gasteiger partial charge on any atom is -0.351 e. The highest BCUT2D eigenvalue weighted by Gasteiger charge is 2.02. The van der Waals surface area contributed by atoms with Crippen molar-refractivity contribution in [2.75, 3.05) is 0 Å². The normalized spacial score (nSPS) is 8.31. The van der Waals surface area contributed by atoms with Crippen molar-refractivity contribution in [3.05, 3.63) is 52.9 Å². The molecule has 0 aliphatic heterocycles. The maximum absolute atomic E-state index is 10.1. The first kappa shape index (κ1) is 14.1. The van der Waals surface area contributed by atoms with Gasteiger partial charge in [0.25, 0.3) is 5.69 Å². The van der Waals surface area contributed by atoms with Crippen LogP contribution in [0.25, 0.3) is 0 Å². The van der Waals surface area contributed by atoms with Gasteiger partial charge in [0.15, 0.2) is 0 Å². The Kier molecular flexibility index (Phi) is 6.46. The predicted molar refractivity (Wildman–Crippen MR) is 61.5 cm³/mol. The number of halogens is 1. The molecule has 0 unspecified atom stereocenters. The first-order chi connectivity index (χ1) is 7.20. The number of aromatic amines is 1. The van der Waals surface area contributed by atoms with E-state index in [9.17, 15) is 10.1 Å².